The van der Waals surface area contributed by atoms with E-state index in [0.717, 1.165) is 25.0 Å². The summed E-state index contributed by atoms with van der Waals surface area (Å²) >= 11 is 0. The second-order valence-corrected chi connectivity index (χ2v) is 5.58. The zero-order chi connectivity index (χ0) is 14.8. The molecule has 1 aliphatic carbocycles. The summed E-state index contributed by atoms with van der Waals surface area (Å²) in [6.07, 6.45) is 2.19. The zero-order valence-corrected chi connectivity index (χ0v) is 11.8. The van der Waals surface area contributed by atoms with Crippen LogP contribution in [-0.2, 0) is 17.6 Å². The highest BCUT2D eigenvalue weighted by Gasteiger charge is 2.32. The molecule has 1 amide bonds. The van der Waals surface area contributed by atoms with Crippen LogP contribution >= 0.6 is 0 Å². The van der Waals surface area contributed by atoms with Crippen LogP contribution in [0.5, 0.6) is 5.75 Å². The van der Waals surface area contributed by atoms with Crippen LogP contribution in [0.2, 0.25) is 0 Å². The predicted octanol–water partition coefficient (Wildman–Crippen LogP) is 1.04. The van der Waals surface area contributed by atoms with Crippen molar-refractivity contribution in [2.75, 3.05) is 13.2 Å². The maximum Gasteiger partial charge on any atom is 0.249 e. The lowest BCUT2D eigenvalue weighted by Gasteiger charge is -2.18. The molecule has 2 atom stereocenters. The van der Waals surface area contributed by atoms with Crippen LogP contribution in [0.4, 0.5) is 0 Å². The number of aryl methyl sites for hydroxylation is 1. The van der Waals surface area contributed by atoms with E-state index in [4.69, 9.17) is 10.00 Å². The Bertz CT molecular complexity index is 606. The molecule has 0 saturated heterocycles. The Hall–Kier alpha value is -2.06. The summed E-state index contributed by atoms with van der Waals surface area (Å²) in [6.45, 7) is 0.643. The van der Waals surface area contributed by atoms with E-state index in [2.05, 4.69) is 11.4 Å². The summed E-state index contributed by atoms with van der Waals surface area (Å²) in [5, 5.41) is 20.9. The number of aliphatic hydroxyl groups is 1. The van der Waals surface area contributed by atoms with E-state index in [1.807, 2.05) is 12.1 Å². The van der Waals surface area contributed by atoms with Gasteiger partial charge in [-0.2, -0.15) is 5.26 Å². The number of nitriles is 1. The number of ether oxygens (including phenoxy) is 1. The lowest BCUT2D eigenvalue weighted by Crippen LogP contribution is -2.35. The van der Waals surface area contributed by atoms with Crippen molar-refractivity contribution < 1.29 is 14.6 Å². The van der Waals surface area contributed by atoms with E-state index in [0.29, 0.717) is 13.0 Å². The smallest absolute Gasteiger partial charge is 0.249 e. The summed E-state index contributed by atoms with van der Waals surface area (Å²) < 4.78 is 5.60. The van der Waals surface area contributed by atoms with Gasteiger partial charge in [0.15, 0.2) is 0 Å². The molecule has 1 aliphatic heterocycles. The monoisotopic (exact) mass is 286 g/mol. The van der Waals surface area contributed by atoms with Crippen molar-refractivity contribution >= 4 is 5.91 Å². The first kappa shape index (κ1) is 13.9. The van der Waals surface area contributed by atoms with Gasteiger partial charge < -0.3 is 15.2 Å². The quantitative estimate of drug-likeness (QED) is 0.810. The fraction of sp³-hybridized carbons (Fsp3) is 0.500. The Morgan fingerprint density at radius 1 is 1.52 bits per heavy atom. The molecule has 0 radical (unpaired) electrons. The minimum Gasteiger partial charge on any atom is -0.493 e. The molecule has 1 heterocycles. The van der Waals surface area contributed by atoms with Gasteiger partial charge in [-0.25, -0.2) is 0 Å². The maximum absolute atomic E-state index is 11.7. The summed E-state index contributed by atoms with van der Waals surface area (Å²) in [5.74, 6) is 0.678. The topological polar surface area (TPSA) is 82.4 Å². The van der Waals surface area contributed by atoms with E-state index in [-0.39, 0.29) is 12.5 Å². The third kappa shape index (κ3) is 2.59. The van der Waals surface area contributed by atoms with Crippen LogP contribution in [0.15, 0.2) is 12.1 Å². The molecule has 1 aromatic carbocycles. The van der Waals surface area contributed by atoms with Crippen LogP contribution in [0.25, 0.3) is 0 Å². The molecule has 2 N–H and O–H groups in total. The zero-order valence-electron chi connectivity index (χ0n) is 11.8. The number of nitrogens with zero attached hydrogens (tertiary/aromatic N) is 1. The van der Waals surface area contributed by atoms with Gasteiger partial charge in [-0.15, -0.1) is 0 Å². The predicted molar refractivity (Wildman–Crippen MR) is 75.9 cm³/mol. The molecule has 110 valence electrons. The first-order valence-electron chi connectivity index (χ1n) is 7.31. The number of carbonyl (C=O) groups is 1. The number of amides is 1. The van der Waals surface area contributed by atoms with Crippen molar-refractivity contribution in [1.82, 2.24) is 5.32 Å². The first-order valence-corrected chi connectivity index (χ1v) is 7.31. The number of hydrogen-bond donors (Lipinski definition) is 2. The average molecular weight is 286 g/mol. The summed E-state index contributed by atoms with van der Waals surface area (Å²) in [5.41, 5.74) is 3.84. The van der Waals surface area contributed by atoms with Crippen molar-refractivity contribution in [3.05, 3.63) is 28.8 Å². The second kappa shape index (κ2) is 5.74. The molecule has 3 rings (SSSR count). The number of hydrogen-bond acceptors (Lipinski definition) is 4. The highest BCUT2D eigenvalue weighted by atomic mass is 16.5. The molecule has 0 fully saturated rings. The normalized spacial score (nSPS) is 20.1. The first-order chi connectivity index (χ1) is 10.2. The highest BCUT2D eigenvalue weighted by molar-refractivity contribution is 5.80. The van der Waals surface area contributed by atoms with Crippen molar-refractivity contribution in [3.63, 3.8) is 0 Å². The molecule has 0 aromatic heterocycles. The molecular weight excluding hydrogens is 268 g/mol. The van der Waals surface area contributed by atoms with Crippen molar-refractivity contribution in [1.29, 1.82) is 5.26 Å². The Kier molecular flexibility index (Phi) is 3.80. The van der Waals surface area contributed by atoms with E-state index < -0.39 is 12.0 Å². The van der Waals surface area contributed by atoms with Crippen molar-refractivity contribution in [2.45, 2.75) is 37.7 Å². The van der Waals surface area contributed by atoms with Gasteiger partial charge in [-0.1, -0.05) is 6.07 Å². The number of benzene rings is 1. The lowest BCUT2D eigenvalue weighted by molar-refractivity contribution is -0.129. The summed E-state index contributed by atoms with van der Waals surface area (Å²) in [7, 11) is 0. The third-order valence-corrected chi connectivity index (χ3v) is 4.34. The van der Waals surface area contributed by atoms with Gasteiger partial charge in [-0.05, 0) is 42.4 Å². The number of rotatable bonds is 4. The fourth-order valence-corrected chi connectivity index (χ4v) is 3.41. The van der Waals surface area contributed by atoms with E-state index >= 15 is 0 Å². The molecule has 0 spiro atoms. The minimum absolute atomic E-state index is 0.0691. The van der Waals surface area contributed by atoms with E-state index in [1.54, 1.807) is 0 Å². The molecule has 5 heteroatoms. The van der Waals surface area contributed by atoms with Gasteiger partial charge in [-0.3, -0.25) is 4.79 Å². The molecule has 21 heavy (non-hydrogen) atoms. The van der Waals surface area contributed by atoms with Gasteiger partial charge in [0.2, 0.25) is 5.91 Å². The van der Waals surface area contributed by atoms with Crippen LogP contribution < -0.4 is 10.1 Å². The fourth-order valence-electron chi connectivity index (χ4n) is 3.41. The molecule has 2 aliphatic rings. The standard InChI is InChI=1S/C16H18N2O3/c17-6-7-18-16(20)13(19)9-11-2-1-10-3-4-14-12(15(10)11)5-8-21-14/h3-4,11,13,19H,1-2,5,7-9H2,(H,18,20)/t11-,13+/m0/s1. The van der Waals surface area contributed by atoms with Gasteiger partial charge in [0.1, 0.15) is 18.4 Å². The Morgan fingerprint density at radius 2 is 2.38 bits per heavy atom. The van der Waals surface area contributed by atoms with Gasteiger partial charge in [0.25, 0.3) is 0 Å². The molecule has 0 unspecified atom stereocenters. The molecule has 5 nitrogen and oxygen atoms in total. The second-order valence-electron chi connectivity index (χ2n) is 5.58. The van der Waals surface area contributed by atoms with Crippen LogP contribution in [0.3, 0.4) is 0 Å². The molecule has 1 aromatic rings. The average Bonchev–Trinajstić information content (AvgIpc) is 3.10. The molecule has 0 bridgehead atoms. The molecular formula is C16H18N2O3. The Morgan fingerprint density at radius 3 is 3.19 bits per heavy atom. The van der Waals surface area contributed by atoms with Gasteiger partial charge >= 0.3 is 0 Å². The third-order valence-electron chi connectivity index (χ3n) is 4.34. The lowest BCUT2D eigenvalue weighted by atomic mass is 9.90. The summed E-state index contributed by atoms with van der Waals surface area (Å²) in [6, 6.07) is 5.96. The SMILES string of the molecule is N#CCNC(=O)[C@H](O)C[C@@H]1CCc2ccc3c(c21)CCO3. The van der Waals surface area contributed by atoms with E-state index in [1.165, 1.54) is 16.7 Å². The van der Waals surface area contributed by atoms with Crippen LogP contribution in [0.1, 0.15) is 35.4 Å². The largest absolute Gasteiger partial charge is 0.493 e. The highest BCUT2D eigenvalue weighted by Crippen LogP contribution is 2.43. The minimum atomic E-state index is -1.06. The van der Waals surface area contributed by atoms with Crippen molar-refractivity contribution in [2.24, 2.45) is 0 Å². The number of carbonyl (C=O) groups excluding carboxylic acids is 1. The summed E-state index contributed by atoms with van der Waals surface area (Å²) in [4.78, 5) is 11.7. The Balaban J connectivity index is 1.74. The number of fused-ring (bicyclic) bond motifs is 3. The number of aliphatic hydroxyl groups excluding tert-OH is 1. The maximum atomic E-state index is 11.7. The van der Waals surface area contributed by atoms with Gasteiger partial charge in [0, 0.05) is 12.0 Å². The van der Waals surface area contributed by atoms with Gasteiger partial charge in [0.05, 0.1) is 12.7 Å². The van der Waals surface area contributed by atoms with Crippen LogP contribution in [-0.4, -0.2) is 30.3 Å². The van der Waals surface area contributed by atoms with Crippen LogP contribution in [0, 0.1) is 11.3 Å². The van der Waals surface area contributed by atoms with E-state index in [9.17, 15) is 9.90 Å². The molecule has 0 saturated carbocycles. The number of nitrogens with one attached hydrogen (secondary N) is 1. The Labute approximate surface area is 123 Å². The van der Waals surface area contributed by atoms with Crippen molar-refractivity contribution in [3.8, 4) is 11.8 Å².